The molecule has 0 amide bonds. The fourth-order valence-corrected chi connectivity index (χ4v) is 5.05. The lowest BCUT2D eigenvalue weighted by Gasteiger charge is -2.04. The van der Waals surface area contributed by atoms with Gasteiger partial charge in [-0.25, -0.2) is 9.97 Å². The highest BCUT2D eigenvalue weighted by Gasteiger charge is 2.05. The first-order chi connectivity index (χ1) is 16.7. The number of unbranched alkanes of at least 4 members (excludes halogenated alkanes) is 4. The lowest BCUT2D eigenvalue weighted by Crippen LogP contribution is -1.96. The van der Waals surface area contributed by atoms with E-state index in [1.165, 1.54) is 25.7 Å². The molecule has 34 heavy (non-hydrogen) atoms. The van der Waals surface area contributed by atoms with Crippen LogP contribution in [0.15, 0.2) is 36.4 Å². The molecule has 2 aromatic carbocycles. The predicted molar refractivity (Wildman–Crippen MR) is 143 cm³/mol. The van der Waals surface area contributed by atoms with Gasteiger partial charge >= 0.3 is 0 Å². The summed E-state index contributed by atoms with van der Waals surface area (Å²) < 4.78 is 13.8. The van der Waals surface area contributed by atoms with Crippen LogP contribution in [0.3, 0.4) is 0 Å². The van der Waals surface area contributed by atoms with Crippen molar-refractivity contribution >= 4 is 43.1 Å². The van der Waals surface area contributed by atoms with Crippen molar-refractivity contribution in [3.05, 3.63) is 46.4 Å². The average Bonchev–Trinajstić information content (AvgIpc) is 3.45. The van der Waals surface area contributed by atoms with Crippen LogP contribution in [0, 0.1) is 23.7 Å². The summed E-state index contributed by atoms with van der Waals surface area (Å²) in [6.45, 7) is 5.88. The van der Waals surface area contributed by atoms with Crippen molar-refractivity contribution in [2.75, 3.05) is 13.2 Å². The molecule has 4 rings (SSSR count). The molecule has 0 aliphatic heterocycles. The first-order valence-corrected chi connectivity index (χ1v) is 13.5. The lowest BCUT2D eigenvalue weighted by molar-refractivity contribution is 0.306. The van der Waals surface area contributed by atoms with Crippen LogP contribution in [-0.4, -0.2) is 23.2 Å². The standard InChI is InChI=1S/C28H28N2O2S2/c1-3-5-9-17-31-21-13-15-23-25(19-21)33-27(29-23)11-7-8-12-28-30-24-16-14-22(20-26(24)34-28)32-18-10-6-4-2/h13-16,19-20H,3-6,9-10,17-18H2,1-2H3. The van der Waals surface area contributed by atoms with Gasteiger partial charge in [0.2, 0.25) is 0 Å². The first-order valence-electron chi connectivity index (χ1n) is 11.8. The second-order valence-electron chi connectivity index (χ2n) is 7.91. The van der Waals surface area contributed by atoms with Gasteiger partial charge in [0, 0.05) is 0 Å². The number of nitrogens with zero attached hydrogens (tertiary/aromatic N) is 2. The molecule has 2 aromatic heterocycles. The van der Waals surface area contributed by atoms with Gasteiger partial charge in [0.15, 0.2) is 10.0 Å². The molecule has 0 bridgehead atoms. The number of ether oxygens (including phenoxy) is 2. The number of fused-ring (bicyclic) bond motifs is 2. The highest BCUT2D eigenvalue weighted by Crippen LogP contribution is 2.27. The van der Waals surface area contributed by atoms with E-state index in [2.05, 4.69) is 47.5 Å². The van der Waals surface area contributed by atoms with Crippen LogP contribution in [0.25, 0.3) is 20.4 Å². The van der Waals surface area contributed by atoms with Crippen LogP contribution in [-0.2, 0) is 0 Å². The molecule has 0 saturated heterocycles. The van der Waals surface area contributed by atoms with Crippen LogP contribution in [0.4, 0.5) is 0 Å². The molecule has 4 aromatic rings. The van der Waals surface area contributed by atoms with Gasteiger partial charge in [-0.2, -0.15) is 0 Å². The Hall–Kier alpha value is -3.06. The van der Waals surface area contributed by atoms with Crippen LogP contribution in [0.1, 0.15) is 62.4 Å². The van der Waals surface area contributed by atoms with Crippen molar-refractivity contribution in [1.82, 2.24) is 9.97 Å². The third kappa shape index (κ3) is 6.73. The van der Waals surface area contributed by atoms with Crippen LogP contribution < -0.4 is 9.47 Å². The Morgan fingerprint density at radius 2 is 1.15 bits per heavy atom. The number of aromatic nitrogens is 2. The molecule has 0 unspecified atom stereocenters. The molecule has 0 radical (unpaired) electrons. The van der Waals surface area contributed by atoms with Crippen molar-refractivity contribution in [2.45, 2.75) is 52.4 Å². The summed E-state index contributed by atoms with van der Waals surface area (Å²) in [5.41, 5.74) is 1.86. The minimum atomic E-state index is 0.749. The number of hydrogen-bond acceptors (Lipinski definition) is 6. The SMILES string of the molecule is CCCCCOc1ccc2nc(C#CC#Cc3nc4ccc(OCCCCC)cc4s3)sc2c1. The van der Waals surface area contributed by atoms with E-state index in [1.54, 1.807) is 22.7 Å². The largest absolute Gasteiger partial charge is 0.494 e. The van der Waals surface area contributed by atoms with E-state index < -0.39 is 0 Å². The molecule has 6 heteroatoms. The molecule has 0 spiro atoms. The topological polar surface area (TPSA) is 44.2 Å². The minimum absolute atomic E-state index is 0.749. The summed E-state index contributed by atoms with van der Waals surface area (Å²) in [6.07, 6.45) is 6.92. The Bertz CT molecular complexity index is 1260. The molecule has 4 nitrogen and oxygen atoms in total. The van der Waals surface area contributed by atoms with Crippen molar-refractivity contribution in [3.8, 4) is 35.2 Å². The maximum atomic E-state index is 5.84. The van der Waals surface area contributed by atoms with E-state index in [1.807, 2.05) is 36.4 Å². The summed E-state index contributed by atoms with van der Waals surface area (Å²) in [4.78, 5) is 9.17. The van der Waals surface area contributed by atoms with Gasteiger partial charge in [-0.1, -0.05) is 39.5 Å². The lowest BCUT2D eigenvalue weighted by atomic mass is 10.3. The third-order valence-electron chi connectivity index (χ3n) is 5.15. The van der Waals surface area contributed by atoms with E-state index in [9.17, 15) is 0 Å². The number of thiazole rings is 2. The Kier molecular flexibility index (Phi) is 8.79. The van der Waals surface area contributed by atoms with Crippen LogP contribution in [0.2, 0.25) is 0 Å². The summed E-state index contributed by atoms with van der Waals surface area (Å²) >= 11 is 3.11. The highest BCUT2D eigenvalue weighted by atomic mass is 32.1. The van der Waals surface area contributed by atoms with Crippen molar-refractivity contribution in [2.24, 2.45) is 0 Å². The second-order valence-corrected chi connectivity index (χ2v) is 9.97. The van der Waals surface area contributed by atoms with Crippen molar-refractivity contribution in [1.29, 1.82) is 0 Å². The average molecular weight is 489 g/mol. The van der Waals surface area contributed by atoms with Gasteiger partial charge in [-0.05, 0) is 72.9 Å². The van der Waals surface area contributed by atoms with Gasteiger partial charge < -0.3 is 9.47 Å². The third-order valence-corrected chi connectivity index (χ3v) is 7.02. The molecule has 0 fully saturated rings. The van der Waals surface area contributed by atoms with E-state index >= 15 is 0 Å². The van der Waals surface area contributed by atoms with E-state index in [-0.39, 0.29) is 0 Å². The Labute approximate surface area is 209 Å². The highest BCUT2D eigenvalue weighted by molar-refractivity contribution is 7.19. The molecule has 0 aliphatic carbocycles. The Morgan fingerprint density at radius 1 is 0.676 bits per heavy atom. The van der Waals surface area contributed by atoms with Gasteiger partial charge in [-0.3, -0.25) is 0 Å². The Balaban J connectivity index is 1.38. The molecule has 2 heterocycles. The van der Waals surface area contributed by atoms with E-state index in [4.69, 9.17) is 9.47 Å². The summed E-state index contributed by atoms with van der Waals surface area (Å²) in [5.74, 6) is 13.7. The van der Waals surface area contributed by atoms with E-state index in [0.29, 0.717) is 0 Å². The zero-order chi connectivity index (χ0) is 23.6. The minimum Gasteiger partial charge on any atom is -0.494 e. The molecular formula is C28H28N2O2S2. The fourth-order valence-electron chi connectivity index (χ4n) is 3.35. The summed E-state index contributed by atoms with van der Waals surface area (Å²) in [5, 5.41) is 1.50. The second kappa shape index (κ2) is 12.4. The normalized spacial score (nSPS) is 10.5. The van der Waals surface area contributed by atoms with Crippen molar-refractivity contribution in [3.63, 3.8) is 0 Å². The number of rotatable bonds is 10. The molecule has 0 N–H and O–H groups in total. The van der Waals surface area contributed by atoms with Gasteiger partial charge in [0.05, 0.1) is 33.6 Å². The van der Waals surface area contributed by atoms with Gasteiger partial charge in [0.25, 0.3) is 0 Å². The zero-order valence-electron chi connectivity index (χ0n) is 19.6. The molecule has 0 aliphatic rings. The molecule has 0 atom stereocenters. The van der Waals surface area contributed by atoms with Gasteiger partial charge in [0.1, 0.15) is 11.5 Å². The molecule has 0 saturated carbocycles. The molecular weight excluding hydrogens is 460 g/mol. The first kappa shape index (κ1) is 24.1. The van der Waals surface area contributed by atoms with Gasteiger partial charge in [-0.15, -0.1) is 22.7 Å². The zero-order valence-corrected chi connectivity index (χ0v) is 21.3. The fraction of sp³-hybridized carbons (Fsp3) is 0.357. The maximum absolute atomic E-state index is 5.84. The van der Waals surface area contributed by atoms with E-state index in [0.717, 1.165) is 68.0 Å². The smallest absolute Gasteiger partial charge is 0.169 e. The predicted octanol–water partition coefficient (Wildman–Crippen LogP) is 7.45. The quantitative estimate of drug-likeness (QED) is 0.172. The maximum Gasteiger partial charge on any atom is 0.169 e. The summed E-state index contributed by atoms with van der Waals surface area (Å²) in [7, 11) is 0. The molecule has 174 valence electrons. The number of hydrogen-bond donors (Lipinski definition) is 0. The Morgan fingerprint density at radius 3 is 1.59 bits per heavy atom. The van der Waals surface area contributed by atoms with Crippen molar-refractivity contribution < 1.29 is 9.47 Å². The van der Waals surface area contributed by atoms with Crippen LogP contribution >= 0.6 is 22.7 Å². The summed E-state index contributed by atoms with van der Waals surface area (Å²) in [6, 6.07) is 12.0. The van der Waals surface area contributed by atoms with Crippen LogP contribution in [0.5, 0.6) is 11.5 Å². The number of benzene rings is 2. The monoisotopic (exact) mass is 488 g/mol.